The molecular weight excluding hydrogens is 380 g/mol. The molecule has 0 spiro atoms. The summed E-state index contributed by atoms with van der Waals surface area (Å²) in [7, 11) is -2.27. The third-order valence-corrected chi connectivity index (χ3v) is 7.46. The van der Waals surface area contributed by atoms with Crippen LogP contribution >= 0.6 is 0 Å². The van der Waals surface area contributed by atoms with Gasteiger partial charge in [-0.05, 0) is 37.3 Å². The highest BCUT2D eigenvalue weighted by Gasteiger charge is 2.43. The fourth-order valence-corrected chi connectivity index (χ4v) is 5.70. The van der Waals surface area contributed by atoms with Crippen LogP contribution in [0.15, 0.2) is 29.2 Å². The van der Waals surface area contributed by atoms with Crippen molar-refractivity contribution in [3.8, 4) is 5.75 Å². The van der Waals surface area contributed by atoms with Gasteiger partial charge in [0.05, 0.1) is 19.7 Å². The predicted molar refractivity (Wildman–Crippen MR) is 106 cm³/mol. The molecule has 1 aromatic rings. The van der Waals surface area contributed by atoms with E-state index in [-0.39, 0.29) is 29.6 Å². The Morgan fingerprint density at radius 2 is 1.96 bits per heavy atom. The molecule has 156 valence electrons. The van der Waals surface area contributed by atoms with Crippen molar-refractivity contribution >= 4 is 16.0 Å². The summed E-state index contributed by atoms with van der Waals surface area (Å²) in [6.45, 7) is 6.16. The summed E-state index contributed by atoms with van der Waals surface area (Å²) in [5.74, 6) is 0.540. The van der Waals surface area contributed by atoms with Gasteiger partial charge in [-0.1, -0.05) is 26.0 Å². The zero-order chi connectivity index (χ0) is 20.3. The molecule has 0 radical (unpaired) electrons. The lowest BCUT2D eigenvalue weighted by Gasteiger charge is -2.32. The summed E-state index contributed by atoms with van der Waals surface area (Å²) < 4.78 is 39.6. The van der Waals surface area contributed by atoms with Crippen LogP contribution in [0.5, 0.6) is 5.75 Å². The van der Waals surface area contributed by atoms with Crippen molar-refractivity contribution in [2.75, 3.05) is 33.3 Å². The Kier molecular flexibility index (Phi) is 6.62. The number of sulfonamides is 1. The van der Waals surface area contributed by atoms with Crippen LogP contribution in [0.4, 0.5) is 0 Å². The maximum Gasteiger partial charge on any atom is 0.319 e. The normalized spacial score (nSPS) is 25.1. The molecule has 2 heterocycles. The molecule has 7 nitrogen and oxygen atoms in total. The quantitative estimate of drug-likeness (QED) is 0.692. The molecule has 0 unspecified atom stereocenters. The first kappa shape index (κ1) is 21.1. The summed E-state index contributed by atoms with van der Waals surface area (Å²) in [5.41, 5.74) is 0. The number of fused-ring (bicyclic) bond motifs is 2. The van der Waals surface area contributed by atoms with Crippen molar-refractivity contribution in [1.82, 2.24) is 9.21 Å². The first-order chi connectivity index (χ1) is 13.3. The minimum atomic E-state index is -3.65. The summed E-state index contributed by atoms with van der Waals surface area (Å²) in [4.78, 5) is 13.9. The summed E-state index contributed by atoms with van der Waals surface area (Å²) >= 11 is 0. The lowest BCUT2D eigenvalue weighted by atomic mass is 10.0. The van der Waals surface area contributed by atoms with Crippen LogP contribution in [-0.4, -0.2) is 69.0 Å². The molecule has 1 aromatic carbocycles. The van der Waals surface area contributed by atoms with Gasteiger partial charge < -0.3 is 9.47 Å². The molecule has 2 aliphatic rings. The van der Waals surface area contributed by atoms with Crippen LogP contribution < -0.4 is 4.74 Å². The van der Waals surface area contributed by atoms with Gasteiger partial charge in [-0.25, -0.2) is 8.42 Å². The Hall–Kier alpha value is -1.64. The van der Waals surface area contributed by atoms with Crippen LogP contribution in [0, 0.1) is 5.92 Å². The van der Waals surface area contributed by atoms with Crippen molar-refractivity contribution in [3.05, 3.63) is 24.3 Å². The average Bonchev–Trinajstić information content (AvgIpc) is 2.89. The maximum absolute atomic E-state index is 13.5. The van der Waals surface area contributed by atoms with Gasteiger partial charge in [-0.2, -0.15) is 4.31 Å². The van der Waals surface area contributed by atoms with Crippen LogP contribution in [0.3, 0.4) is 0 Å². The molecule has 8 heteroatoms. The summed E-state index contributed by atoms with van der Waals surface area (Å²) in [6, 6.07) is 6.64. The van der Waals surface area contributed by atoms with E-state index in [9.17, 15) is 13.2 Å². The van der Waals surface area contributed by atoms with Crippen molar-refractivity contribution in [1.29, 1.82) is 0 Å². The Labute approximate surface area is 167 Å². The molecular formula is C20H30N2O5S. The number of esters is 1. The highest BCUT2D eigenvalue weighted by Crippen LogP contribution is 2.36. The largest absolute Gasteiger partial charge is 0.487 e. The van der Waals surface area contributed by atoms with Crippen molar-refractivity contribution < 1.29 is 22.7 Å². The van der Waals surface area contributed by atoms with Gasteiger partial charge >= 0.3 is 5.97 Å². The standard InChI is InChI=1S/C20H30N2O5S/c1-15(2)8-13-22-16-9-11-21(14-20(23)26-3)12-10-17(16)27-18-6-4-5-7-19(18)28(22,24)25/h4-7,15-17H,8-14H2,1-3H3/t16-,17-/m0/s1. The van der Waals surface area contributed by atoms with E-state index in [1.807, 2.05) is 4.90 Å². The van der Waals surface area contributed by atoms with Gasteiger partial charge in [0.1, 0.15) is 16.7 Å². The number of likely N-dealkylation sites (tertiary alicyclic amines) is 1. The lowest BCUT2D eigenvalue weighted by molar-refractivity contribution is -0.141. The van der Waals surface area contributed by atoms with Crippen LogP contribution in [0.2, 0.25) is 0 Å². The third kappa shape index (κ3) is 4.50. The van der Waals surface area contributed by atoms with E-state index < -0.39 is 10.0 Å². The smallest absolute Gasteiger partial charge is 0.319 e. The van der Waals surface area contributed by atoms with Gasteiger partial charge in [0.2, 0.25) is 10.0 Å². The van der Waals surface area contributed by atoms with E-state index in [2.05, 4.69) is 13.8 Å². The molecule has 0 saturated carbocycles. The number of methoxy groups -OCH3 is 1. The average molecular weight is 411 g/mol. The fraction of sp³-hybridized carbons (Fsp3) is 0.650. The third-order valence-electron chi connectivity index (χ3n) is 5.49. The van der Waals surface area contributed by atoms with Crippen molar-refractivity contribution in [3.63, 3.8) is 0 Å². The molecule has 0 amide bonds. The number of hydrogen-bond donors (Lipinski definition) is 0. The number of hydrogen-bond acceptors (Lipinski definition) is 6. The van der Waals surface area contributed by atoms with Crippen LogP contribution in [0.1, 0.15) is 33.1 Å². The molecule has 3 rings (SSSR count). The van der Waals surface area contributed by atoms with Gasteiger partial charge in [0.25, 0.3) is 0 Å². The minimum Gasteiger partial charge on any atom is -0.487 e. The molecule has 0 aromatic heterocycles. The SMILES string of the molecule is COC(=O)CN1CC[C@@H]2Oc3ccccc3S(=O)(=O)N(CCC(C)C)[C@H]2CC1. The van der Waals surface area contributed by atoms with E-state index in [0.717, 1.165) is 6.42 Å². The molecule has 1 fully saturated rings. The molecule has 1 saturated heterocycles. The zero-order valence-electron chi connectivity index (χ0n) is 16.8. The second kappa shape index (κ2) is 8.80. The van der Waals surface area contributed by atoms with Gasteiger partial charge in [-0.3, -0.25) is 9.69 Å². The molecule has 2 aliphatic heterocycles. The number of carbonyl (C=O) groups excluding carboxylic acids is 1. The monoisotopic (exact) mass is 410 g/mol. The Balaban J connectivity index is 1.92. The minimum absolute atomic E-state index is 0.214. The molecule has 0 N–H and O–H groups in total. The van der Waals surface area contributed by atoms with E-state index in [0.29, 0.717) is 44.1 Å². The van der Waals surface area contributed by atoms with Crippen LogP contribution in [0.25, 0.3) is 0 Å². The van der Waals surface area contributed by atoms with E-state index in [1.54, 1.807) is 28.6 Å². The fourth-order valence-electron chi connectivity index (χ4n) is 3.89. The Morgan fingerprint density at radius 1 is 1.25 bits per heavy atom. The Bertz CT molecular complexity index is 796. The van der Waals surface area contributed by atoms with Crippen molar-refractivity contribution in [2.24, 2.45) is 5.92 Å². The number of carbonyl (C=O) groups is 1. The first-order valence-electron chi connectivity index (χ1n) is 9.89. The topological polar surface area (TPSA) is 76.1 Å². The van der Waals surface area contributed by atoms with Crippen molar-refractivity contribution in [2.45, 2.75) is 50.2 Å². The number of ether oxygens (including phenoxy) is 2. The number of nitrogens with zero attached hydrogens (tertiary/aromatic N) is 2. The Morgan fingerprint density at radius 3 is 2.68 bits per heavy atom. The van der Waals surface area contributed by atoms with E-state index in [1.165, 1.54) is 7.11 Å². The highest BCUT2D eigenvalue weighted by molar-refractivity contribution is 7.89. The molecule has 2 atom stereocenters. The lowest BCUT2D eigenvalue weighted by Crippen LogP contribution is -2.47. The van der Waals surface area contributed by atoms with Crippen LogP contribution in [-0.2, 0) is 19.6 Å². The number of rotatable bonds is 5. The zero-order valence-corrected chi connectivity index (χ0v) is 17.7. The first-order valence-corrected chi connectivity index (χ1v) is 11.3. The van der Waals surface area contributed by atoms with Gasteiger partial charge in [0, 0.05) is 19.6 Å². The molecule has 28 heavy (non-hydrogen) atoms. The highest BCUT2D eigenvalue weighted by atomic mass is 32.2. The van der Waals surface area contributed by atoms with E-state index >= 15 is 0 Å². The molecule has 0 bridgehead atoms. The maximum atomic E-state index is 13.5. The number of benzene rings is 1. The number of para-hydroxylation sites is 1. The second-order valence-corrected chi connectivity index (χ2v) is 9.76. The summed E-state index contributed by atoms with van der Waals surface area (Å²) in [5, 5.41) is 0. The predicted octanol–water partition coefficient (Wildman–Crippen LogP) is 2.12. The molecule has 0 aliphatic carbocycles. The van der Waals surface area contributed by atoms with Gasteiger partial charge in [-0.15, -0.1) is 0 Å². The second-order valence-electron chi connectivity index (χ2n) is 7.90. The van der Waals surface area contributed by atoms with Gasteiger partial charge in [0.15, 0.2) is 0 Å². The summed E-state index contributed by atoms with van der Waals surface area (Å²) in [6.07, 6.45) is 1.82. The van der Waals surface area contributed by atoms with E-state index in [4.69, 9.17) is 9.47 Å².